The summed E-state index contributed by atoms with van der Waals surface area (Å²) in [5.41, 5.74) is 1.29. The lowest BCUT2D eigenvalue weighted by Crippen LogP contribution is -2.15. The predicted octanol–water partition coefficient (Wildman–Crippen LogP) is 2.17. The number of hydrogen-bond donors (Lipinski definition) is 2. The molecule has 2 rings (SSSR count). The number of H-pyrrole nitrogens is 1. The summed E-state index contributed by atoms with van der Waals surface area (Å²) in [6, 6.07) is 8.76. The van der Waals surface area contributed by atoms with Crippen LogP contribution in [0.4, 0.5) is 5.69 Å². The zero-order valence-electron chi connectivity index (χ0n) is 13.1. The highest BCUT2D eigenvalue weighted by Crippen LogP contribution is 2.27. The van der Waals surface area contributed by atoms with Crippen molar-refractivity contribution in [3.8, 4) is 5.88 Å². The third kappa shape index (κ3) is 4.32. The van der Waals surface area contributed by atoms with Crippen molar-refractivity contribution in [3.05, 3.63) is 41.6 Å². The van der Waals surface area contributed by atoms with Crippen molar-refractivity contribution in [3.63, 3.8) is 0 Å². The van der Waals surface area contributed by atoms with Gasteiger partial charge in [-0.05, 0) is 26.0 Å². The van der Waals surface area contributed by atoms with Gasteiger partial charge in [0.1, 0.15) is 5.69 Å². The fraction of sp³-hybridized carbons (Fsp3) is 0.312. The Morgan fingerprint density at radius 2 is 1.91 bits per heavy atom. The van der Waals surface area contributed by atoms with E-state index in [2.05, 4.69) is 15.5 Å². The quantitative estimate of drug-likeness (QED) is 0.763. The smallest absolute Gasteiger partial charge is 0.311 e. The molecule has 0 aliphatic carbocycles. The van der Waals surface area contributed by atoms with E-state index >= 15 is 0 Å². The van der Waals surface area contributed by atoms with Crippen LogP contribution in [-0.4, -0.2) is 35.3 Å². The molecule has 23 heavy (non-hydrogen) atoms. The van der Waals surface area contributed by atoms with Crippen LogP contribution in [0.5, 0.6) is 5.88 Å². The van der Waals surface area contributed by atoms with E-state index in [0.29, 0.717) is 23.6 Å². The third-order valence-corrected chi connectivity index (χ3v) is 2.99. The van der Waals surface area contributed by atoms with Gasteiger partial charge in [0, 0.05) is 5.56 Å². The van der Waals surface area contributed by atoms with Crippen LogP contribution in [0.3, 0.4) is 0 Å². The van der Waals surface area contributed by atoms with Crippen molar-refractivity contribution in [1.82, 2.24) is 10.2 Å². The molecule has 0 fully saturated rings. The summed E-state index contributed by atoms with van der Waals surface area (Å²) in [5.74, 6) is -0.469. The van der Waals surface area contributed by atoms with Crippen molar-refractivity contribution in [2.75, 3.05) is 18.5 Å². The molecule has 0 bridgehead atoms. The number of nitrogens with one attached hydrogen (secondary N) is 2. The molecule has 2 N–H and O–H groups in total. The maximum absolute atomic E-state index is 12.3. The molecule has 0 spiro atoms. The molecule has 2 aromatic rings. The van der Waals surface area contributed by atoms with Gasteiger partial charge < -0.3 is 14.8 Å². The Bertz CT molecular complexity index is 667. The number of carbonyl (C=O) groups excluding carboxylic acids is 2. The average molecular weight is 317 g/mol. The van der Waals surface area contributed by atoms with Crippen molar-refractivity contribution < 1.29 is 19.1 Å². The molecule has 0 aliphatic rings. The number of ether oxygens (including phenoxy) is 2. The topological polar surface area (TPSA) is 93.3 Å². The lowest BCUT2D eigenvalue weighted by molar-refractivity contribution is -0.142. The summed E-state index contributed by atoms with van der Waals surface area (Å²) in [6.45, 7) is 4.21. The van der Waals surface area contributed by atoms with Crippen LogP contribution in [0.15, 0.2) is 30.3 Å². The fourth-order valence-corrected chi connectivity index (χ4v) is 1.99. The summed E-state index contributed by atoms with van der Waals surface area (Å²) in [4.78, 5) is 24.0. The van der Waals surface area contributed by atoms with Gasteiger partial charge in [0.05, 0.1) is 25.3 Å². The Balaban J connectivity index is 2.22. The minimum Gasteiger partial charge on any atom is -0.475 e. The Morgan fingerprint density at radius 3 is 2.57 bits per heavy atom. The maximum Gasteiger partial charge on any atom is 0.311 e. The van der Waals surface area contributed by atoms with Gasteiger partial charge in [-0.15, -0.1) is 5.10 Å². The SMILES string of the molecule is CCOC(=O)Cc1[nH]nc(OCC)c1NC(=O)c1ccccc1. The van der Waals surface area contributed by atoms with Crippen LogP contribution in [0.2, 0.25) is 0 Å². The van der Waals surface area contributed by atoms with Crippen molar-refractivity contribution in [2.24, 2.45) is 0 Å². The number of esters is 1. The van der Waals surface area contributed by atoms with Crippen molar-refractivity contribution in [2.45, 2.75) is 20.3 Å². The fourth-order valence-electron chi connectivity index (χ4n) is 1.99. The largest absolute Gasteiger partial charge is 0.475 e. The van der Waals surface area contributed by atoms with E-state index < -0.39 is 5.97 Å². The van der Waals surface area contributed by atoms with E-state index in [4.69, 9.17) is 9.47 Å². The maximum atomic E-state index is 12.3. The molecular formula is C16H19N3O4. The molecule has 7 nitrogen and oxygen atoms in total. The number of anilines is 1. The highest BCUT2D eigenvalue weighted by Gasteiger charge is 2.20. The number of rotatable bonds is 7. The Labute approximate surface area is 134 Å². The molecule has 1 aromatic carbocycles. The lowest BCUT2D eigenvalue weighted by Gasteiger charge is -2.08. The molecule has 1 amide bonds. The Morgan fingerprint density at radius 1 is 1.17 bits per heavy atom. The van der Waals surface area contributed by atoms with Crippen LogP contribution in [0, 0.1) is 0 Å². The minimum absolute atomic E-state index is 0.0294. The second-order valence-corrected chi connectivity index (χ2v) is 4.62. The van der Waals surface area contributed by atoms with Gasteiger partial charge in [-0.25, -0.2) is 0 Å². The predicted molar refractivity (Wildman–Crippen MR) is 84.5 cm³/mol. The second kappa shape index (κ2) is 7.98. The number of amides is 1. The number of aromatic nitrogens is 2. The van der Waals surface area contributed by atoms with Gasteiger partial charge in [-0.1, -0.05) is 18.2 Å². The summed E-state index contributed by atoms with van der Waals surface area (Å²) in [6.07, 6.45) is -0.0294. The summed E-state index contributed by atoms with van der Waals surface area (Å²) in [7, 11) is 0. The molecule has 122 valence electrons. The molecule has 0 atom stereocenters. The van der Waals surface area contributed by atoms with Crippen LogP contribution in [0.1, 0.15) is 29.9 Å². The van der Waals surface area contributed by atoms with Crippen LogP contribution in [-0.2, 0) is 16.0 Å². The first-order valence-electron chi connectivity index (χ1n) is 7.37. The molecule has 0 unspecified atom stereocenters. The first kappa shape index (κ1) is 16.5. The molecule has 0 aliphatic heterocycles. The zero-order chi connectivity index (χ0) is 16.7. The van der Waals surface area contributed by atoms with E-state index in [-0.39, 0.29) is 24.8 Å². The van der Waals surface area contributed by atoms with Gasteiger partial charge in [0.25, 0.3) is 11.8 Å². The number of carbonyl (C=O) groups is 2. The summed E-state index contributed by atoms with van der Waals surface area (Å²) < 4.78 is 10.3. The second-order valence-electron chi connectivity index (χ2n) is 4.62. The van der Waals surface area contributed by atoms with Gasteiger partial charge in [0.15, 0.2) is 0 Å². The standard InChI is InChI=1S/C16H19N3O4/c1-3-22-13(20)10-12-14(16(19-18-12)23-4-2)17-15(21)11-8-6-5-7-9-11/h5-9H,3-4,10H2,1-2H3,(H,17,21)(H,18,19). The average Bonchev–Trinajstić information content (AvgIpc) is 2.91. The number of benzene rings is 1. The number of aromatic amines is 1. The molecule has 0 radical (unpaired) electrons. The molecule has 1 aromatic heterocycles. The van der Waals surface area contributed by atoms with E-state index in [1.165, 1.54) is 0 Å². The van der Waals surface area contributed by atoms with Crippen LogP contribution < -0.4 is 10.1 Å². The highest BCUT2D eigenvalue weighted by atomic mass is 16.5. The lowest BCUT2D eigenvalue weighted by atomic mass is 10.2. The van der Waals surface area contributed by atoms with Crippen molar-refractivity contribution >= 4 is 17.6 Å². The zero-order valence-corrected chi connectivity index (χ0v) is 13.1. The summed E-state index contributed by atoms with van der Waals surface area (Å²) >= 11 is 0. The first-order chi connectivity index (χ1) is 11.2. The van der Waals surface area contributed by atoms with Gasteiger partial charge in [0.2, 0.25) is 0 Å². The van der Waals surface area contributed by atoms with E-state index in [9.17, 15) is 9.59 Å². The molecular weight excluding hydrogens is 298 g/mol. The Kier molecular flexibility index (Phi) is 5.74. The van der Waals surface area contributed by atoms with Crippen LogP contribution in [0.25, 0.3) is 0 Å². The van der Waals surface area contributed by atoms with Gasteiger partial charge >= 0.3 is 5.97 Å². The normalized spacial score (nSPS) is 10.2. The Hall–Kier alpha value is -2.83. The first-order valence-corrected chi connectivity index (χ1v) is 7.37. The van der Waals surface area contributed by atoms with E-state index in [0.717, 1.165) is 0 Å². The van der Waals surface area contributed by atoms with E-state index in [1.54, 1.807) is 31.2 Å². The monoisotopic (exact) mass is 317 g/mol. The van der Waals surface area contributed by atoms with Crippen molar-refractivity contribution in [1.29, 1.82) is 0 Å². The number of nitrogens with zero attached hydrogens (tertiary/aromatic N) is 1. The minimum atomic E-state index is -0.408. The highest BCUT2D eigenvalue weighted by molar-refractivity contribution is 6.05. The molecule has 1 heterocycles. The van der Waals surface area contributed by atoms with Gasteiger partial charge in [-0.3, -0.25) is 14.7 Å². The summed E-state index contributed by atoms with van der Waals surface area (Å²) in [5, 5.41) is 9.45. The van der Waals surface area contributed by atoms with E-state index in [1.807, 2.05) is 13.0 Å². The number of hydrogen-bond acceptors (Lipinski definition) is 5. The van der Waals surface area contributed by atoms with Crippen LogP contribution >= 0.6 is 0 Å². The third-order valence-electron chi connectivity index (χ3n) is 2.99. The molecule has 0 saturated carbocycles. The van der Waals surface area contributed by atoms with Gasteiger partial charge in [-0.2, -0.15) is 0 Å². The molecule has 7 heteroatoms. The molecule has 0 saturated heterocycles.